The van der Waals surface area contributed by atoms with Crippen molar-refractivity contribution in [1.82, 2.24) is 10.2 Å². The summed E-state index contributed by atoms with van der Waals surface area (Å²) in [7, 11) is 0. The first-order chi connectivity index (χ1) is 12.1. The van der Waals surface area contributed by atoms with Gasteiger partial charge in [-0.2, -0.15) is 0 Å². The van der Waals surface area contributed by atoms with Gasteiger partial charge in [0.2, 0.25) is 5.91 Å². The first-order valence-corrected chi connectivity index (χ1v) is 9.35. The van der Waals surface area contributed by atoms with Gasteiger partial charge in [0.15, 0.2) is 0 Å². The van der Waals surface area contributed by atoms with E-state index in [4.69, 9.17) is 9.15 Å². The molecule has 3 fully saturated rings. The van der Waals surface area contributed by atoms with Crippen molar-refractivity contribution < 1.29 is 18.7 Å². The van der Waals surface area contributed by atoms with Crippen LogP contribution in [0.1, 0.15) is 54.6 Å². The number of ether oxygens (including phenoxy) is 1. The van der Waals surface area contributed by atoms with Gasteiger partial charge in [0.05, 0.1) is 17.4 Å². The number of carbonyl (C=O) groups excluding carboxylic acids is 2. The van der Waals surface area contributed by atoms with Crippen molar-refractivity contribution in [3.05, 3.63) is 23.7 Å². The molecule has 1 aromatic rings. The van der Waals surface area contributed by atoms with E-state index in [2.05, 4.69) is 5.32 Å². The Bertz CT molecular complexity index is 656. The Kier molecular flexibility index (Phi) is 4.31. The van der Waals surface area contributed by atoms with Crippen molar-refractivity contribution in [3.8, 4) is 0 Å². The van der Waals surface area contributed by atoms with Gasteiger partial charge in [-0.25, -0.2) is 0 Å². The molecule has 1 saturated carbocycles. The minimum absolute atomic E-state index is 0.0258. The molecule has 1 N–H and O–H groups in total. The molecule has 6 heteroatoms. The third kappa shape index (κ3) is 3.45. The number of piperidine rings is 1. The molecule has 0 radical (unpaired) electrons. The lowest BCUT2D eigenvalue weighted by Gasteiger charge is -2.39. The van der Waals surface area contributed by atoms with Gasteiger partial charge in [0, 0.05) is 19.6 Å². The minimum atomic E-state index is -0.322. The standard InChI is InChI=1S/C19H26N2O4/c1-13-15(5-11-24-13)18(23)21-9-7-19(8-10-21)6-4-16(25-19)17(22)20-12-14-2-3-14/h5,11,14,16H,2-4,6-10,12H2,1H3,(H,20,22). The molecule has 1 unspecified atom stereocenters. The maximum atomic E-state index is 12.6. The molecule has 3 heterocycles. The van der Waals surface area contributed by atoms with Crippen LogP contribution in [0.4, 0.5) is 0 Å². The van der Waals surface area contributed by atoms with Crippen LogP contribution < -0.4 is 5.32 Å². The zero-order valence-electron chi connectivity index (χ0n) is 14.8. The molecule has 3 aliphatic rings. The van der Waals surface area contributed by atoms with Gasteiger partial charge in [-0.3, -0.25) is 9.59 Å². The zero-order valence-corrected chi connectivity index (χ0v) is 14.8. The number of amides is 2. The number of hydrogen-bond donors (Lipinski definition) is 1. The number of carbonyl (C=O) groups is 2. The molecular formula is C19H26N2O4. The average molecular weight is 346 g/mol. The largest absolute Gasteiger partial charge is 0.469 e. The normalized spacial score (nSPS) is 25.3. The third-order valence-corrected chi connectivity index (χ3v) is 5.86. The highest BCUT2D eigenvalue weighted by molar-refractivity contribution is 5.95. The van der Waals surface area contributed by atoms with E-state index >= 15 is 0 Å². The highest BCUT2D eigenvalue weighted by Crippen LogP contribution is 2.39. The van der Waals surface area contributed by atoms with E-state index in [1.807, 2.05) is 11.8 Å². The minimum Gasteiger partial charge on any atom is -0.469 e. The number of furan rings is 1. The Morgan fingerprint density at radius 1 is 1.24 bits per heavy atom. The van der Waals surface area contributed by atoms with Crippen molar-refractivity contribution in [3.63, 3.8) is 0 Å². The summed E-state index contributed by atoms with van der Waals surface area (Å²) < 4.78 is 11.4. The van der Waals surface area contributed by atoms with Gasteiger partial charge >= 0.3 is 0 Å². The zero-order chi connectivity index (χ0) is 17.4. The molecule has 2 saturated heterocycles. The fraction of sp³-hybridized carbons (Fsp3) is 0.684. The fourth-order valence-corrected chi connectivity index (χ4v) is 3.94. The molecule has 1 atom stereocenters. The summed E-state index contributed by atoms with van der Waals surface area (Å²) in [6, 6.07) is 1.73. The molecular weight excluding hydrogens is 320 g/mol. The number of nitrogens with zero attached hydrogens (tertiary/aromatic N) is 1. The molecule has 1 spiro atoms. The second-order valence-electron chi connectivity index (χ2n) is 7.70. The van der Waals surface area contributed by atoms with E-state index in [-0.39, 0.29) is 23.5 Å². The van der Waals surface area contributed by atoms with Gasteiger partial charge in [-0.15, -0.1) is 0 Å². The molecule has 0 aromatic carbocycles. The summed E-state index contributed by atoms with van der Waals surface area (Å²) in [5.41, 5.74) is 0.407. The summed E-state index contributed by atoms with van der Waals surface area (Å²) >= 11 is 0. The lowest BCUT2D eigenvalue weighted by Crippen LogP contribution is -2.47. The van der Waals surface area contributed by atoms with Crippen molar-refractivity contribution in [2.75, 3.05) is 19.6 Å². The lowest BCUT2D eigenvalue weighted by molar-refractivity contribution is -0.140. The fourth-order valence-electron chi connectivity index (χ4n) is 3.94. The van der Waals surface area contributed by atoms with Crippen molar-refractivity contribution >= 4 is 11.8 Å². The Balaban J connectivity index is 1.30. The molecule has 1 aromatic heterocycles. The first kappa shape index (κ1) is 16.6. The van der Waals surface area contributed by atoms with Crippen molar-refractivity contribution in [1.29, 1.82) is 0 Å². The van der Waals surface area contributed by atoms with Crippen LogP contribution >= 0.6 is 0 Å². The van der Waals surface area contributed by atoms with Crippen LogP contribution in [-0.2, 0) is 9.53 Å². The molecule has 25 heavy (non-hydrogen) atoms. The van der Waals surface area contributed by atoms with Crippen LogP contribution in [0.5, 0.6) is 0 Å². The smallest absolute Gasteiger partial charge is 0.257 e. The molecule has 2 aliphatic heterocycles. The van der Waals surface area contributed by atoms with E-state index in [1.165, 1.54) is 12.8 Å². The van der Waals surface area contributed by atoms with E-state index in [0.717, 1.165) is 32.2 Å². The summed E-state index contributed by atoms with van der Waals surface area (Å²) in [6.07, 6.45) is 6.97. The summed E-state index contributed by atoms with van der Waals surface area (Å²) in [4.78, 5) is 26.7. The number of hydrogen-bond acceptors (Lipinski definition) is 4. The van der Waals surface area contributed by atoms with Gasteiger partial charge < -0.3 is 19.4 Å². The van der Waals surface area contributed by atoms with Crippen LogP contribution in [0.15, 0.2) is 16.7 Å². The predicted octanol–water partition coefficient (Wildman–Crippen LogP) is 2.27. The number of rotatable bonds is 4. The molecule has 1 aliphatic carbocycles. The third-order valence-electron chi connectivity index (χ3n) is 5.86. The number of nitrogens with one attached hydrogen (secondary N) is 1. The molecule has 0 bridgehead atoms. The van der Waals surface area contributed by atoms with Crippen LogP contribution in [0.25, 0.3) is 0 Å². The second-order valence-corrected chi connectivity index (χ2v) is 7.70. The summed E-state index contributed by atoms with van der Waals surface area (Å²) in [5, 5.41) is 3.02. The molecule has 4 rings (SSSR count). The SMILES string of the molecule is Cc1occc1C(=O)N1CCC2(CCC(C(=O)NCC3CC3)O2)CC1. The second kappa shape index (κ2) is 6.48. The molecule has 6 nitrogen and oxygen atoms in total. The van der Waals surface area contributed by atoms with Crippen molar-refractivity contribution in [2.45, 2.75) is 57.2 Å². The van der Waals surface area contributed by atoms with Gasteiger partial charge in [0.25, 0.3) is 5.91 Å². The van der Waals surface area contributed by atoms with E-state index < -0.39 is 0 Å². The topological polar surface area (TPSA) is 71.8 Å². The number of likely N-dealkylation sites (tertiary alicyclic amines) is 1. The molecule has 136 valence electrons. The van der Waals surface area contributed by atoms with Gasteiger partial charge in [0.1, 0.15) is 11.9 Å². The Morgan fingerprint density at radius 3 is 2.64 bits per heavy atom. The van der Waals surface area contributed by atoms with Crippen LogP contribution in [0.2, 0.25) is 0 Å². The van der Waals surface area contributed by atoms with Crippen LogP contribution in [-0.4, -0.2) is 48.1 Å². The highest BCUT2D eigenvalue weighted by atomic mass is 16.5. The summed E-state index contributed by atoms with van der Waals surface area (Å²) in [5.74, 6) is 1.41. The van der Waals surface area contributed by atoms with Gasteiger partial charge in [-0.1, -0.05) is 0 Å². The summed E-state index contributed by atoms with van der Waals surface area (Å²) in [6.45, 7) is 3.93. The predicted molar refractivity (Wildman–Crippen MR) is 91.2 cm³/mol. The maximum absolute atomic E-state index is 12.6. The van der Waals surface area contributed by atoms with E-state index in [1.54, 1.807) is 12.3 Å². The Labute approximate surface area is 147 Å². The van der Waals surface area contributed by atoms with E-state index in [0.29, 0.717) is 30.3 Å². The Morgan fingerprint density at radius 2 is 2.00 bits per heavy atom. The highest BCUT2D eigenvalue weighted by Gasteiger charge is 2.45. The number of aryl methyl sites for hydroxylation is 1. The molecule has 2 amide bonds. The van der Waals surface area contributed by atoms with Gasteiger partial charge in [-0.05, 0) is 57.4 Å². The monoisotopic (exact) mass is 346 g/mol. The Hall–Kier alpha value is -1.82. The van der Waals surface area contributed by atoms with Crippen LogP contribution in [0.3, 0.4) is 0 Å². The van der Waals surface area contributed by atoms with E-state index in [9.17, 15) is 9.59 Å². The average Bonchev–Trinajstić information content (AvgIpc) is 3.22. The van der Waals surface area contributed by atoms with Crippen LogP contribution in [0, 0.1) is 12.8 Å². The van der Waals surface area contributed by atoms with Crippen molar-refractivity contribution in [2.24, 2.45) is 5.92 Å². The maximum Gasteiger partial charge on any atom is 0.257 e. The quantitative estimate of drug-likeness (QED) is 0.908. The lowest BCUT2D eigenvalue weighted by atomic mass is 9.88. The first-order valence-electron chi connectivity index (χ1n) is 9.35.